The maximum absolute atomic E-state index is 11.3. The minimum atomic E-state index is -0.100. The Morgan fingerprint density at radius 2 is 2.20 bits per heavy atom. The number of rotatable bonds is 4. The summed E-state index contributed by atoms with van der Waals surface area (Å²) in [5.74, 6) is 0.638. The summed E-state index contributed by atoms with van der Waals surface area (Å²) >= 11 is 1.81. The van der Waals surface area contributed by atoms with E-state index in [9.17, 15) is 4.79 Å². The summed E-state index contributed by atoms with van der Waals surface area (Å²) in [5.41, 5.74) is 1.88. The van der Waals surface area contributed by atoms with Crippen molar-refractivity contribution in [2.75, 3.05) is 11.9 Å². The standard InChI is InChI=1S/C15H16N2O2S/c1-10-2-4-12(20-10)8-16-7-11-3-5-14-13(6-11)17-15(18)9-19-14/h2-6,16H,7-9H2,1H3,(H,17,18). The monoisotopic (exact) mass is 288 g/mol. The van der Waals surface area contributed by atoms with Crippen LogP contribution < -0.4 is 15.4 Å². The Kier molecular flexibility index (Phi) is 3.71. The summed E-state index contributed by atoms with van der Waals surface area (Å²) in [6, 6.07) is 10.2. The van der Waals surface area contributed by atoms with Gasteiger partial charge in [0.05, 0.1) is 5.69 Å². The van der Waals surface area contributed by atoms with Gasteiger partial charge < -0.3 is 15.4 Å². The Hall–Kier alpha value is -1.85. The fourth-order valence-electron chi connectivity index (χ4n) is 2.15. The number of carbonyl (C=O) groups excluding carboxylic acids is 1. The first kappa shape index (κ1) is 13.1. The molecule has 0 saturated heterocycles. The van der Waals surface area contributed by atoms with Crippen molar-refractivity contribution in [3.8, 4) is 5.75 Å². The second kappa shape index (κ2) is 5.64. The molecule has 1 aromatic carbocycles. The molecule has 3 rings (SSSR count). The van der Waals surface area contributed by atoms with Crippen LogP contribution in [0.4, 0.5) is 5.69 Å². The molecule has 0 aliphatic carbocycles. The summed E-state index contributed by atoms with van der Waals surface area (Å²) in [6.07, 6.45) is 0. The Bertz CT molecular complexity index is 637. The number of nitrogens with one attached hydrogen (secondary N) is 2. The lowest BCUT2D eigenvalue weighted by Crippen LogP contribution is -2.25. The van der Waals surface area contributed by atoms with Gasteiger partial charge in [-0.1, -0.05) is 6.07 Å². The van der Waals surface area contributed by atoms with E-state index in [1.54, 1.807) is 11.3 Å². The van der Waals surface area contributed by atoms with Gasteiger partial charge in [0.2, 0.25) is 0 Å². The largest absolute Gasteiger partial charge is 0.482 e. The van der Waals surface area contributed by atoms with E-state index < -0.39 is 0 Å². The predicted octanol–water partition coefficient (Wildman–Crippen LogP) is 2.68. The third kappa shape index (κ3) is 3.00. The molecule has 1 aromatic heterocycles. The molecule has 0 bridgehead atoms. The van der Waals surface area contributed by atoms with Crippen molar-refractivity contribution < 1.29 is 9.53 Å². The zero-order chi connectivity index (χ0) is 13.9. The fourth-order valence-corrected chi connectivity index (χ4v) is 3.01. The molecular weight excluding hydrogens is 272 g/mol. The van der Waals surface area contributed by atoms with Gasteiger partial charge in [0, 0.05) is 22.8 Å². The zero-order valence-corrected chi connectivity index (χ0v) is 12.0. The van der Waals surface area contributed by atoms with Gasteiger partial charge in [-0.05, 0) is 36.8 Å². The van der Waals surface area contributed by atoms with Crippen LogP contribution in [0.1, 0.15) is 15.3 Å². The van der Waals surface area contributed by atoms with Crippen LogP contribution in [0.3, 0.4) is 0 Å². The summed E-state index contributed by atoms with van der Waals surface area (Å²) in [6.45, 7) is 3.83. The molecule has 0 atom stereocenters. The third-order valence-corrected chi connectivity index (χ3v) is 4.10. The van der Waals surface area contributed by atoms with Crippen molar-refractivity contribution in [1.82, 2.24) is 5.32 Å². The zero-order valence-electron chi connectivity index (χ0n) is 11.2. The van der Waals surface area contributed by atoms with Crippen molar-refractivity contribution in [2.45, 2.75) is 20.0 Å². The molecule has 104 valence electrons. The van der Waals surface area contributed by atoms with Crippen molar-refractivity contribution in [2.24, 2.45) is 0 Å². The molecule has 0 radical (unpaired) electrons. The van der Waals surface area contributed by atoms with E-state index in [4.69, 9.17) is 4.74 Å². The minimum Gasteiger partial charge on any atom is -0.482 e. The van der Waals surface area contributed by atoms with Gasteiger partial charge in [-0.15, -0.1) is 11.3 Å². The first-order chi connectivity index (χ1) is 9.70. The maximum Gasteiger partial charge on any atom is 0.262 e. The van der Waals surface area contributed by atoms with Crippen LogP contribution in [0.15, 0.2) is 30.3 Å². The molecule has 4 nitrogen and oxygen atoms in total. The molecule has 1 aliphatic heterocycles. The molecule has 2 N–H and O–H groups in total. The first-order valence-electron chi connectivity index (χ1n) is 6.52. The number of aryl methyl sites for hydroxylation is 1. The molecule has 0 unspecified atom stereocenters. The smallest absolute Gasteiger partial charge is 0.262 e. The van der Waals surface area contributed by atoms with Crippen molar-refractivity contribution in [3.63, 3.8) is 0 Å². The van der Waals surface area contributed by atoms with Crippen LogP contribution in [-0.4, -0.2) is 12.5 Å². The highest BCUT2D eigenvalue weighted by molar-refractivity contribution is 7.11. The molecule has 2 heterocycles. The van der Waals surface area contributed by atoms with Gasteiger partial charge in [0.15, 0.2) is 6.61 Å². The van der Waals surface area contributed by atoms with Gasteiger partial charge in [-0.25, -0.2) is 0 Å². The molecule has 2 aromatic rings. The number of hydrogen-bond donors (Lipinski definition) is 2. The summed E-state index contributed by atoms with van der Waals surface area (Å²) < 4.78 is 5.34. The van der Waals surface area contributed by atoms with Crippen LogP contribution in [0.25, 0.3) is 0 Å². The van der Waals surface area contributed by atoms with Crippen LogP contribution in [0.5, 0.6) is 5.75 Å². The van der Waals surface area contributed by atoms with E-state index in [1.165, 1.54) is 9.75 Å². The topological polar surface area (TPSA) is 50.4 Å². The van der Waals surface area contributed by atoms with E-state index in [0.29, 0.717) is 0 Å². The number of amides is 1. The van der Waals surface area contributed by atoms with E-state index in [-0.39, 0.29) is 12.5 Å². The Morgan fingerprint density at radius 1 is 1.30 bits per heavy atom. The molecule has 5 heteroatoms. The third-order valence-electron chi connectivity index (χ3n) is 3.10. The highest BCUT2D eigenvalue weighted by Crippen LogP contribution is 2.28. The van der Waals surface area contributed by atoms with Gasteiger partial charge in [-0.3, -0.25) is 4.79 Å². The van der Waals surface area contributed by atoms with Crippen LogP contribution in [0.2, 0.25) is 0 Å². The minimum absolute atomic E-state index is 0.0995. The van der Waals surface area contributed by atoms with Gasteiger partial charge >= 0.3 is 0 Å². The Balaban J connectivity index is 1.60. The van der Waals surface area contributed by atoms with Crippen molar-refractivity contribution >= 4 is 22.9 Å². The molecule has 1 amide bonds. The van der Waals surface area contributed by atoms with E-state index in [1.807, 2.05) is 18.2 Å². The number of carbonyl (C=O) groups is 1. The van der Waals surface area contributed by atoms with Crippen molar-refractivity contribution in [1.29, 1.82) is 0 Å². The number of fused-ring (bicyclic) bond motifs is 1. The molecular formula is C15H16N2O2S. The van der Waals surface area contributed by atoms with Gasteiger partial charge in [0.25, 0.3) is 5.91 Å². The SMILES string of the molecule is Cc1ccc(CNCc2ccc3c(c2)NC(=O)CO3)s1. The predicted molar refractivity (Wildman–Crippen MR) is 80.2 cm³/mol. The van der Waals surface area contributed by atoms with E-state index in [0.717, 1.165) is 30.1 Å². The van der Waals surface area contributed by atoms with Crippen LogP contribution >= 0.6 is 11.3 Å². The molecule has 0 spiro atoms. The lowest BCUT2D eigenvalue weighted by molar-refractivity contribution is -0.118. The normalized spacial score (nSPS) is 13.6. The molecule has 20 heavy (non-hydrogen) atoms. The molecule has 0 fully saturated rings. The average Bonchev–Trinajstić information content (AvgIpc) is 2.84. The fraction of sp³-hybridized carbons (Fsp3) is 0.267. The highest BCUT2D eigenvalue weighted by atomic mass is 32.1. The first-order valence-corrected chi connectivity index (χ1v) is 7.34. The van der Waals surface area contributed by atoms with E-state index >= 15 is 0 Å². The number of ether oxygens (including phenoxy) is 1. The summed E-state index contributed by atoms with van der Waals surface area (Å²) in [5, 5.41) is 6.23. The van der Waals surface area contributed by atoms with E-state index in [2.05, 4.69) is 29.7 Å². The number of anilines is 1. The quantitative estimate of drug-likeness (QED) is 0.909. The Morgan fingerprint density at radius 3 is 3.00 bits per heavy atom. The van der Waals surface area contributed by atoms with Gasteiger partial charge in [-0.2, -0.15) is 0 Å². The lowest BCUT2D eigenvalue weighted by Gasteiger charge is -2.18. The number of hydrogen-bond acceptors (Lipinski definition) is 4. The Labute approximate surface area is 121 Å². The van der Waals surface area contributed by atoms with Gasteiger partial charge in [0.1, 0.15) is 5.75 Å². The number of thiophene rings is 1. The highest BCUT2D eigenvalue weighted by Gasteiger charge is 2.15. The van der Waals surface area contributed by atoms with Crippen LogP contribution in [-0.2, 0) is 17.9 Å². The summed E-state index contributed by atoms with van der Waals surface area (Å²) in [4.78, 5) is 13.9. The molecule has 0 saturated carbocycles. The van der Waals surface area contributed by atoms with Crippen LogP contribution in [0, 0.1) is 6.92 Å². The molecule has 1 aliphatic rings. The van der Waals surface area contributed by atoms with Crippen molar-refractivity contribution in [3.05, 3.63) is 45.6 Å². The average molecular weight is 288 g/mol. The maximum atomic E-state index is 11.3. The lowest BCUT2D eigenvalue weighted by atomic mass is 10.1. The second-order valence-electron chi connectivity index (χ2n) is 4.78. The summed E-state index contributed by atoms with van der Waals surface area (Å²) in [7, 11) is 0. The second-order valence-corrected chi connectivity index (χ2v) is 6.16. The number of benzene rings is 1.